The summed E-state index contributed by atoms with van der Waals surface area (Å²) < 4.78 is 21.6. The van der Waals surface area contributed by atoms with Crippen molar-refractivity contribution in [2.24, 2.45) is 0 Å². The summed E-state index contributed by atoms with van der Waals surface area (Å²) in [4.78, 5) is 11.1. The Labute approximate surface area is 345 Å². The SMILES string of the molecule is CC(C)(C)c1ccnc(-n2c3[c-]c(Oc4[c-]c(N5C=CN(c6cc7c8c(c6)Oc6ccccc6N8c6ccccc6O7)[CH-]5)ccc4)ccc3c3ccccc32)c1.[Pt]. The first-order chi connectivity index (χ1) is 27.4. The standard InChI is InChI=1S/C48H34N5O3.Pt/c1-48(2,3)31-21-22-49-46(25-31)52-38-14-5-4-13-36(38)37-20-19-35(29-41(37)52)54-34-12-10-11-32(26-34)50-23-24-51(30-50)33-27-44-47-45(28-33)56-43-18-9-7-16-40(43)53(47)39-15-6-8-17-42(39)55-44;/h4-25,27-28,30H,1-3H3;/q-3;. The Balaban J connectivity index is 0.00000396. The maximum atomic E-state index is 6.49. The molecule has 0 spiro atoms. The molecule has 0 bridgehead atoms. The summed E-state index contributed by atoms with van der Waals surface area (Å²) >= 11 is 0. The number of para-hydroxylation sites is 5. The first-order valence-electron chi connectivity index (χ1n) is 18.6. The van der Waals surface area contributed by atoms with Crippen LogP contribution in [0.4, 0.5) is 28.4 Å². The van der Waals surface area contributed by atoms with Crippen molar-refractivity contribution in [3.05, 3.63) is 170 Å². The van der Waals surface area contributed by atoms with Crippen molar-refractivity contribution in [1.82, 2.24) is 9.55 Å². The fraction of sp³-hybridized carbons (Fsp3) is 0.0833. The maximum absolute atomic E-state index is 6.49. The maximum Gasteiger partial charge on any atom is 0.157 e. The van der Waals surface area contributed by atoms with Crippen molar-refractivity contribution < 1.29 is 35.3 Å². The van der Waals surface area contributed by atoms with Crippen molar-refractivity contribution >= 4 is 50.2 Å². The van der Waals surface area contributed by atoms with Crippen LogP contribution in [-0.2, 0) is 26.5 Å². The zero-order valence-electron chi connectivity index (χ0n) is 31.2. The van der Waals surface area contributed by atoms with E-state index in [0.29, 0.717) is 11.5 Å². The number of hydrogen-bond donors (Lipinski definition) is 0. The van der Waals surface area contributed by atoms with E-state index in [1.54, 1.807) is 0 Å². The van der Waals surface area contributed by atoms with E-state index in [1.165, 1.54) is 5.56 Å². The Morgan fingerprint density at radius 1 is 0.649 bits per heavy atom. The predicted molar refractivity (Wildman–Crippen MR) is 221 cm³/mol. The summed E-state index contributed by atoms with van der Waals surface area (Å²) in [5.74, 6) is 5.03. The van der Waals surface area contributed by atoms with Gasteiger partial charge in [0.1, 0.15) is 11.5 Å². The van der Waals surface area contributed by atoms with Gasteiger partial charge in [0.25, 0.3) is 0 Å². The fourth-order valence-electron chi connectivity index (χ4n) is 7.75. The summed E-state index contributed by atoms with van der Waals surface area (Å²) in [5, 5.41) is 2.22. The second-order valence-electron chi connectivity index (χ2n) is 15.1. The Morgan fingerprint density at radius 2 is 1.33 bits per heavy atom. The third-order valence-corrected chi connectivity index (χ3v) is 10.5. The van der Waals surface area contributed by atoms with Crippen molar-refractivity contribution in [2.75, 3.05) is 14.7 Å². The molecule has 8 nitrogen and oxygen atoms in total. The molecule has 0 radical (unpaired) electrons. The van der Waals surface area contributed by atoms with Gasteiger partial charge in [0.15, 0.2) is 23.0 Å². The number of fused-ring (bicyclic) bond motifs is 7. The Kier molecular flexibility index (Phi) is 8.17. The zero-order chi connectivity index (χ0) is 37.5. The third kappa shape index (κ3) is 5.82. The molecule has 11 rings (SSSR count). The van der Waals surface area contributed by atoms with E-state index in [0.717, 1.165) is 79.1 Å². The smallest absolute Gasteiger partial charge is 0.157 e. The van der Waals surface area contributed by atoms with E-state index in [4.69, 9.17) is 19.2 Å². The summed E-state index contributed by atoms with van der Waals surface area (Å²) in [6.45, 7) is 8.65. The molecule has 57 heavy (non-hydrogen) atoms. The molecule has 8 aromatic rings. The average molecular weight is 924 g/mol. The van der Waals surface area contributed by atoms with Crippen LogP contribution in [0.1, 0.15) is 26.3 Å². The monoisotopic (exact) mass is 923 g/mol. The number of rotatable bonds is 5. The van der Waals surface area contributed by atoms with Crippen LogP contribution in [0.3, 0.4) is 0 Å². The number of nitrogens with zero attached hydrogens (tertiary/aromatic N) is 5. The number of aromatic nitrogens is 2. The molecule has 0 aliphatic carbocycles. The van der Waals surface area contributed by atoms with E-state index in [2.05, 4.69) is 97.0 Å². The topological polar surface area (TPSA) is 55.2 Å². The van der Waals surface area contributed by atoms with E-state index >= 15 is 0 Å². The molecule has 3 aliphatic heterocycles. The van der Waals surface area contributed by atoms with Crippen LogP contribution >= 0.6 is 0 Å². The van der Waals surface area contributed by atoms with E-state index in [-0.39, 0.29) is 26.5 Å². The first-order valence-corrected chi connectivity index (χ1v) is 18.6. The van der Waals surface area contributed by atoms with Gasteiger partial charge in [-0.15, -0.1) is 48.1 Å². The fourth-order valence-corrected chi connectivity index (χ4v) is 7.75. The van der Waals surface area contributed by atoms with Crippen LogP contribution in [0.2, 0.25) is 0 Å². The Morgan fingerprint density at radius 3 is 2.09 bits per heavy atom. The molecule has 9 heteroatoms. The second kappa shape index (κ2) is 13.3. The molecule has 0 amide bonds. The first kappa shape index (κ1) is 35.0. The molecule has 6 aromatic carbocycles. The van der Waals surface area contributed by atoms with Crippen molar-refractivity contribution in [3.63, 3.8) is 0 Å². The summed E-state index contributed by atoms with van der Waals surface area (Å²) in [6, 6.07) is 49.9. The molecular weight excluding hydrogens is 890 g/mol. The Bertz CT molecular complexity index is 2840. The van der Waals surface area contributed by atoms with Crippen LogP contribution in [0.25, 0.3) is 27.6 Å². The molecule has 0 atom stereocenters. The van der Waals surface area contributed by atoms with Crippen molar-refractivity contribution in [1.29, 1.82) is 0 Å². The number of anilines is 5. The van der Waals surface area contributed by atoms with Gasteiger partial charge in [0, 0.05) is 62.1 Å². The number of pyridine rings is 1. The molecule has 0 fully saturated rings. The summed E-state index contributed by atoms with van der Waals surface area (Å²) in [6.07, 6.45) is 5.89. The molecule has 2 aromatic heterocycles. The molecule has 5 heterocycles. The molecular formula is C48H34N5O3Pt-3. The van der Waals surface area contributed by atoms with Crippen LogP contribution in [-0.4, -0.2) is 9.55 Å². The van der Waals surface area contributed by atoms with Gasteiger partial charge in [-0.3, -0.25) is 4.90 Å². The minimum absolute atomic E-state index is 0. The van der Waals surface area contributed by atoms with Crippen LogP contribution in [0.5, 0.6) is 34.5 Å². The van der Waals surface area contributed by atoms with Crippen LogP contribution in [0, 0.1) is 18.8 Å². The van der Waals surface area contributed by atoms with Gasteiger partial charge in [-0.1, -0.05) is 68.8 Å². The zero-order valence-corrected chi connectivity index (χ0v) is 33.5. The third-order valence-electron chi connectivity index (χ3n) is 10.5. The molecule has 3 aliphatic rings. The normalized spacial score (nSPS) is 13.8. The van der Waals surface area contributed by atoms with Gasteiger partial charge >= 0.3 is 0 Å². The largest absolute Gasteiger partial charge is 0.509 e. The van der Waals surface area contributed by atoms with Gasteiger partial charge in [-0.05, 0) is 71.2 Å². The van der Waals surface area contributed by atoms with Crippen molar-refractivity contribution in [3.8, 4) is 40.3 Å². The predicted octanol–water partition coefficient (Wildman–Crippen LogP) is 12.5. The number of hydrogen-bond acceptors (Lipinski definition) is 7. The molecule has 0 N–H and O–H groups in total. The van der Waals surface area contributed by atoms with Gasteiger partial charge in [0.2, 0.25) is 0 Å². The number of benzene rings is 6. The minimum Gasteiger partial charge on any atom is -0.509 e. The van der Waals surface area contributed by atoms with Gasteiger partial charge in [-0.2, -0.15) is 12.1 Å². The van der Waals surface area contributed by atoms with Crippen molar-refractivity contribution in [2.45, 2.75) is 26.2 Å². The minimum atomic E-state index is -0.0185. The Hall–Kier alpha value is -6.50. The van der Waals surface area contributed by atoms with Crippen LogP contribution < -0.4 is 28.9 Å². The second-order valence-corrected chi connectivity index (χ2v) is 15.1. The molecule has 0 unspecified atom stereocenters. The average Bonchev–Trinajstić information content (AvgIpc) is 3.84. The number of ether oxygens (including phenoxy) is 3. The van der Waals surface area contributed by atoms with E-state index in [9.17, 15) is 0 Å². The molecule has 0 saturated carbocycles. The quantitative estimate of drug-likeness (QED) is 0.159. The summed E-state index contributed by atoms with van der Waals surface area (Å²) in [5.41, 5.74) is 7.71. The van der Waals surface area contributed by atoms with E-state index in [1.807, 2.05) is 108 Å². The van der Waals surface area contributed by atoms with Gasteiger partial charge in [0.05, 0.1) is 11.4 Å². The van der Waals surface area contributed by atoms with Crippen LogP contribution in [0.15, 0.2) is 146 Å². The van der Waals surface area contributed by atoms with Gasteiger partial charge < -0.3 is 28.6 Å². The molecule has 282 valence electrons. The summed E-state index contributed by atoms with van der Waals surface area (Å²) in [7, 11) is 0. The van der Waals surface area contributed by atoms with Gasteiger partial charge in [-0.25, -0.2) is 4.98 Å². The van der Waals surface area contributed by atoms with E-state index < -0.39 is 0 Å². The molecule has 0 saturated heterocycles.